The van der Waals surface area contributed by atoms with Crippen LogP contribution >= 0.6 is 11.3 Å². The summed E-state index contributed by atoms with van der Waals surface area (Å²) in [4.78, 5) is 8.14. The number of anilines is 1. The number of nitrogens with zero attached hydrogens (tertiary/aromatic N) is 2. The molecule has 0 unspecified atom stereocenters. The standard InChI is InChI=1S/C12H8FN3OS/c13-7-1-2-8(14)10(5-7)17-12-11-9(3-4-18-11)15-6-16-12/h1-6H,14H2. The van der Waals surface area contributed by atoms with Crippen LogP contribution in [-0.4, -0.2) is 9.97 Å². The molecule has 0 fully saturated rings. The lowest BCUT2D eigenvalue weighted by Crippen LogP contribution is -1.95. The third-order valence-electron chi connectivity index (χ3n) is 2.39. The van der Waals surface area contributed by atoms with Crippen LogP contribution < -0.4 is 10.5 Å². The molecule has 2 heterocycles. The normalized spacial score (nSPS) is 10.7. The summed E-state index contributed by atoms with van der Waals surface area (Å²) in [5.41, 5.74) is 6.88. The SMILES string of the molecule is Nc1ccc(F)cc1Oc1ncnc2ccsc12. The minimum absolute atomic E-state index is 0.253. The van der Waals surface area contributed by atoms with E-state index in [0.717, 1.165) is 10.2 Å². The first-order chi connectivity index (χ1) is 8.74. The fraction of sp³-hybridized carbons (Fsp3) is 0. The predicted molar refractivity (Wildman–Crippen MR) is 68.3 cm³/mol. The zero-order chi connectivity index (χ0) is 12.5. The van der Waals surface area contributed by atoms with Gasteiger partial charge in [-0.2, -0.15) is 0 Å². The summed E-state index contributed by atoms with van der Waals surface area (Å²) in [5.74, 6) is 0.228. The van der Waals surface area contributed by atoms with Gasteiger partial charge < -0.3 is 10.5 Å². The number of hydrogen-bond donors (Lipinski definition) is 1. The summed E-state index contributed by atoms with van der Waals surface area (Å²) in [6.45, 7) is 0. The van der Waals surface area contributed by atoms with Crippen molar-refractivity contribution in [1.29, 1.82) is 0 Å². The molecule has 2 N–H and O–H groups in total. The van der Waals surface area contributed by atoms with E-state index in [2.05, 4.69) is 9.97 Å². The van der Waals surface area contributed by atoms with Crippen molar-refractivity contribution in [2.24, 2.45) is 0 Å². The molecule has 0 aliphatic heterocycles. The summed E-state index contributed by atoms with van der Waals surface area (Å²) in [6, 6.07) is 5.83. The second-order valence-corrected chi connectivity index (χ2v) is 4.51. The van der Waals surface area contributed by atoms with Gasteiger partial charge in [0.25, 0.3) is 0 Å². The van der Waals surface area contributed by atoms with E-state index in [9.17, 15) is 4.39 Å². The highest BCUT2D eigenvalue weighted by Crippen LogP contribution is 2.33. The van der Waals surface area contributed by atoms with Gasteiger partial charge in [0.2, 0.25) is 5.88 Å². The molecule has 2 aromatic heterocycles. The minimum atomic E-state index is -0.407. The highest BCUT2D eigenvalue weighted by molar-refractivity contribution is 7.17. The molecule has 0 aliphatic rings. The number of aromatic nitrogens is 2. The molecule has 90 valence electrons. The van der Waals surface area contributed by atoms with E-state index in [-0.39, 0.29) is 5.75 Å². The van der Waals surface area contributed by atoms with Crippen molar-refractivity contribution in [1.82, 2.24) is 9.97 Å². The van der Waals surface area contributed by atoms with Crippen LogP contribution in [0.1, 0.15) is 0 Å². The first-order valence-corrected chi connectivity index (χ1v) is 6.03. The van der Waals surface area contributed by atoms with Crippen LogP contribution in [0, 0.1) is 5.82 Å². The molecule has 0 atom stereocenters. The molecule has 0 saturated carbocycles. The number of rotatable bonds is 2. The maximum atomic E-state index is 13.1. The van der Waals surface area contributed by atoms with E-state index in [1.54, 1.807) is 0 Å². The molecule has 3 rings (SSSR count). The van der Waals surface area contributed by atoms with Gasteiger partial charge in [-0.25, -0.2) is 14.4 Å². The highest BCUT2D eigenvalue weighted by Gasteiger charge is 2.10. The molecular weight excluding hydrogens is 253 g/mol. The van der Waals surface area contributed by atoms with Gasteiger partial charge in [0.05, 0.1) is 11.2 Å². The number of nitrogens with two attached hydrogens (primary N) is 1. The number of fused-ring (bicyclic) bond motifs is 1. The second kappa shape index (κ2) is 4.23. The average molecular weight is 261 g/mol. The molecule has 3 aromatic rings. The van der Waals surface area contributed by atoms with Gasteiger partial charge in [0.15, 0.2) is 5.75 Å². The Morgan fingerprint density at radius 3 is 3.00 bits per heavy atom. The van der Waals surface area contributed by atoms with Crippen molar-refractivity contribution in [3.05, 3.63) is 41.8 Å². The monoisotopic (exact) mass is 261 g/mol. The largest absolute Gasteiger partial charge is 0.435 e. The fourth-order valence-corrected chi connectivity index (χ4v) is 2.31. The molecule has 6 heteroatoms. The summed E-state index contributed by atoms with van der Waals surface area (Å²) >= 11 is 1.46. The minimum Gasteiger partial charge on any atom is -0.435 e. The number of halogens is 1. The van der Waals surface area contributed by atoms with Gasteiger partial charge in [-0.1, -0.05) is 0 Å². The summed E-state index contributed by atoms with van der Waals surface area (Å²) in [6.07, 6.45) is 1.40. The van der Waals surface area contributed by atoms with Crippen molar-refractivity contribution < 1.29 is 9.13 Å². The van der Waals surface area contributed by atoms with E-state index in [1.807, 2.05) is 11.4 Å². The van der Waals surface area contributed by atoms with Crippen molar-refractivity contribution in [2.45, 2.75) is 0 Å². The topological polar surface area (TPSA) is 61.0 Å². The van der Waals surface area contributed by atoms with Crippen LogP contribution in [0.25, 0.3) is 10.2 Å². The molecule has 0 radical (unpaired) electrons. The van der Waals surface area contributed by atoms with Crippen molar-refractivity contribution >= 4 is 27.2 Å². The third-order valence-corrected chi connectivity index (χ3v) is 3.28. The Balaban J connectivity index is 2.06. The molecule has 4 nitrogen and oxygen atoms in total. The maximum absolute atomic E-state index is 13.1. The summed E-state index contributed by atoms with van der Waals surface area (Å²) in [5, 5.41) is 1.89. The second-order valence-electron chi connectivity index (χ2n) is 3.60. The van der Waals surface area contributed by atoms with E-state index in [0.29, 0.717) is 11.6 Å². The molecule has 0 amide bonds. The van der Waals surface area contributed by atoms with E-state index < -0.39 is 5.82 Å². The van der Waals surface area contributed by atoms with Crippen LogP contribution in [0.15, 0.2) is 36.0 Å². The van der Waals surface area contributed by atoms with Crippen LogP contribution in [0.4, 0.5) is 10.1 Å². The average Bonchev–Trinajstić information content (AvgIpc) is 2.83. The number of thiophene rings is 1. The van der Waals surface area contributed by atoms with Gasteiger partial charge in [-0.3, -0.25) is 0 Å². The van der Waals surface area contributed by atoms with E-state index >= 15 is 0 Å². The van der Waals surface area contributed by atoms with Gasteiger partial charge in [-0.15, -0.1) is 11.3 Å². The Labute approximate surface area is 106 Å². The molecular formula is C12H8FN3OS. The van der Waals surface area contributed by atoms with Crippen molar-refractivity contribution in [3.8, 4) is 11.6 Å². The van der Waals surface area contributed by atoms with Gasteiger partial charge in [0.1, 0.15) is 16.8 Å². The number of ether oxygens (including phenoxy) is 1. The zero-order valence-electron chi connectivity index (χ0n) is 9.13. The Morgan fingerprint density at radius 1 is 1.22 bits per heavy atom. The Morgan fingerprint density at radius 2 is 2.11 bits per heavy atom. The quantitative estimate of drug-likeness (QED) is 0.719. The summed E-state index contributed by atoms with van der Waals surface area (Å²) in [7, 11) is 0. The van der Waals surface area contributed by atoms with Crippen LogP contribution in [0.3, 0.4) is 0 Å². The lowest BCUT2D eigenvalue weighted by molar-refractivity contribution is 0.466. The Bertz CT molecular complexity index is 713. The molecule has 0 aliphatic carbocycles. The van der Waals surface area contributed by atoms with Crippen LogP contribution in [0.2, 0.25) is 0 Å². The first kappa shape index (κ1) is 10.9. The van der Waals surface area contributed by atoms with Gasteiger partial charge in [-0.05, 0) is 23.6 Å². The lowest BCUT2D eigenvalue weighted by Gasteiger charge is -2.07. The Kier molecular flexibility index (Phi) is 2.56. The van der Waals surface area contributed by atoms with Crippen molar-refractivity contribution in [3.63, 3.8) is 0 Å². The van der Waals surface area contributed by atoms with Crippen LogP contribution in [0.5, 0.6) is 11.6 Å². The highest BCUT2D eigenvalue weighted by atomic mass is 32.1. The third kappa shape index (κ3) is 1.86. The Hall–Kier alpha value is -2.21. The van der Waals surface area contributed by atoms with Crippen molar-refractivity contribution in [2.75, 3.05) is 5.73 Å². The van der Waals surface area contributed by atoms with E-state index in [1.165, 1.54) is 35.9 Å². The molecule has 0 spiro atoms. The zero-order valence-corrected chi connectivity index (χ0v) is 9.95. The van der Waals surface area contributed by atoms with Crippen LogP contribution in [-0.2, 0) is 0 Å². The summed E-state index contributed by atoms with van der Waals surface area (Å²) < 4.78 is 19.5. The number of nitrogen functional groups attached to an aromatic ring is 1. The number of benzene rings is 1. The maximum Gasteiger partial charge on any atom is 0.240 e. The molecule has 1 aromatic carbocycles. The smallest absolute Gasteiger partial charge is 0.240 e. The number of hydrogen-bond acceptors (Lipinski definition) is 5. The van der Waals surface area contributed by atoms with Gasteiger partial charge in [0, 0.05) is 6.07 Å². The molecule has 18 heavy (non-hydrogen) atoms. The molecule has 0 saturated heterocycles. The lowest BCUT2D eigenvalue weighted by atomic mass is 10.3. The predicted octanol–water partition coefficient (Wildman–Crippen LogP) is 3.20. The van der Waals surface area contributed by atoms with E-state index in [4.69, 9.17) is 10.5 Å². The fourth-order valence-electron chi connectivity index (χ4n) is 1.54. The first-order valence-electron chi connectivity index (χ1n) is 5.15. The van der Waals surface area contributed by atoms with Gasteiger partial charge >= 0.3 is 0 Å². The molecule has 0 bridgehead atoms.